The van der Waals surface area contributed by atoms with Gasteiger partial charge in [0.15, 0.2) is 5.82 Å². The zero-order chi connectivity index (χ0) is 24.1. The first kappa shape index (κ1) is 23.5. The molecule has 1 aromatic heterocycles. The largest absolute Gasteiger partial charge is 0.352 e. The van der Waals surface area contributed by atoms with Crippen LogP contribution < -0.4 is 10.6 Å². The van der Waals surface area contributed by atoms with Crippen LogP contribution in [-0.4, -0.2) is 33.1 Å². The fourth-order valence-electron chi connectivity index (χ4n) is 4.03. The van der Waals surface area contributed by atoms with Gasteiger partial charge in [-0.15, -0.1) is 10.2 Å². The van der Waals surface area contributed by atoms with E-state index in [4.69, 9.17) is 0 Å². The fraction of sp³-hybridized carbons (Fsp3) is 0.360. The number of aryl methyl sites for hydroxylation is 2. The Morgan fingerprint density at radius 1 is 1.06 bits per heavy atom. The van der Waals surface area contributed by atoms with Crippen LogP contribution in [0.15, 0.2) is 36.4 Å². The van der Waals surface area contributed by atoms with Crippen molar-refractivity contribution < 1.29 is 18.4 Å². The number of amides is 2. The smallest absolute Gasteiger partial charge is 0.254 e. The summed E-state index contributed by atoms with van der Waals surface area (Å²) in [5, 5.41) is 14.2. The van der Waals surface area contributed by atoms with Crippen molar-refractivity contribution in [2.24, 2.45) is 0 Å². The second-order valence-electron chi connectivity index (χ2n) is 8.46. The molecule has 0 fully saturated rings. The lowest BCUT2D eigenvalue weighted by atomic mass is 10.1. The van der Waals surface area contributed by atoms with Gasteiger partial charge in [0, 0.05) is 43.2 Å². The molecular formula is C25H27F2N5O2. The molecule has 2 heterocycles. The molecule has 0 atom stereocenters. The lowest BCUT2D eigenvalue weighted by Crippen LogP contribution is -2.26. The van der Waals surface area contributed by atoms with Crippen LogP contribution in [0.1, 0.15) is 53.8 Å². The first-order valence-electron chi connectivity index (χ1n) is 11.5. The maximum atomic E-state index is 13.7. The van der Waals surface area contributed by atoms with Crippen LogP contribution in [0.25, 0.3) is 11.4 Å². The van der Waals surface area contributed by atoms with Gasteiger partial charge in [-0.05, 0) is 49.9 Å². The summed E-state index contributed by atoms with van der Waals surface area (Å²) in [5.74, 6) is -0.694. The third kappa shape index (κ3) is 5.47. The molecule has 0 aliphatic carbocycles. The van der Waals surface area contributed by atoms with Gasteiger partial charge in [-0.25, -0.2) is 8.78 Å². The van der Waals surface area contributed by atoms with E-state index >= 15 is 0 Å². The predicted molar refractivity (Wildman–Crippen MR) is 124 cm³/mol. The number of benzene rings is 2. The van der Waals surface area contributed by atoms with Gasteiger partial charge in [0.05, 0.1) is 5.56 Å². The van der Waals surface area contributed by atoms with Crippen LogP contribution in [0, 0.1) is 18.6 Å². The van der Waals surface area contributed by atoms with E-state index in [1.807, 2.05) is 25.1 Å². The minimum Gasteiger partial charge on any atom is -0.352 e. The number of anilines is 1. The zero-order valence-corrected chi connectivity index (χ0v) is 19.0. The van der Waals surface area contributed by atoms with Crippen LogP contribution in [0.3, 0.4) is 0 Å². The summed E-state index contributed by atoms with van der Waals surface area (Å²) >= 11 is 0. The van der Waals surface area contributed by atoms with Crippen molar-refractivity contribution in [1.82, 2.24) is 20.1 Å². The molecule has 1 aliphatic rings. The number of rotatable bonds is 7. The first-order chi connectivity index (χ1) is 16.4. The van der Waals surface area contributed by atoms with E-state index in [0.29, 0.717) is 18.2 Å². The van der Waals surface area contributed by atoms with Gasteiger partial charge in [0.25, 0.3) is 5.91 Å². The Morgan fingerprint density at radius 2 is 1.91 bits per heavy atom. The normalized spacial score (nSPS) is 13.1. The van der Waals surface area contributed by atoms with Crippen LogP contribution in [0.4, 0.5) is 14.5 Å². The molecule has 0 bridgehead atoms. The number of nitrogens with zero attached hydrogens (tertiary/aromatic N) is 3. The minimum atomic E-state index is -0.921. The van der Waals surface area contributed by atoms with Crippen molar-refractivity contribution in [3.05, 3.63) is 65.0 Å². The second-order valence-corrected chi connectivity index (χ2v) is 8.46. The van der Waals surface area contributed by atoms with Gasteiger partial charge in [0.1, 0.15) is 17.5 Å². The summed E-state index contributed by atoms with van der Waals surface area (Å²) in [6.07, 6.45) is 4.86. The van der Waals surface area contributed by atoms with Gasteiger partial charge in [-0.1, -0.05) is 18.6 Å². The Kier molecular flexibility index (Phi) is 7.30. The molecule has 2 aromatic carbocycles. The zero-order valence-electron chi connectivity index (χ0n) is 19.0. The molecule has 34 heavy (non-hydrogen) atoms. The number of nitrogens with one attached hydrogen (secondary N) is 2. The van der Waals surface area contributed by atoms with E-state index in [0.717, 1.165) is 60.7 Å². The third-order valence-corrected chi connectivity index (χ3v) is 5.92. The van der Waals surface area contributed by atoms with Crippen molar-refractivity contribution in [2.75, 3.05) is 11.9 Å². The van der Waals surface area contributed by atoms with Crippen LogP contribution in [0.2, 0.25) is 0 Å². The average molecular weight is 468 g/mol. The molecule has 7 nitrogen and oxygen atoms in total. The highest BCUT2D eigenvalue weighted by molar-refractivity contribution is 5.94. The standard InChI is InChI=1S/C25H27F2N5O2/c1-16-8-9-17(24-31-30-22-6-3-2-4-13-32(22)24)14-21(16)29-23(33)7-5-12-28-25(34)19-11-10-18(26)15-20(19)27/h8-11,14-15H,2-7,12-13H2,1H3,(H,28,34)(H,29,33). The Morgan fingerprint density at radius 3 is 2.74 bits per heavy atom. The molecular weight excluding hydrogens is 440 g/mol. The molecule has 0 unspecified atom stereocenters. The summed E-state index contributed by atoms with van der Waals surface area (Å²) in [6, 6.07) is 8.62. The fourth-order valence-corrected chi connectivity index (χ4v) is 4.03. The van der Waals surface area contributed by atoms with Gasteiger partial charge in [-0.2, -0.15) is 0 Å². The maximum Gasteiger partial charge on any atom is 0.254 e. The topological polar surface area (TPSA) is 88.9 Å². The van der Waals surface area contributed by atoms with Crippen molar-refractivity contribution in [1.29, 1.82) is 0 Å². The monoisotopic (exact) mass is 467 g/mol. The van der Waals surface area contributed by atoms with E-state index in [9.17, 15) is 18.4 Å². The SMILES string of the molecule is Cc1ccc(-c2nnc3n2CCCCC3)cc1NC(=O)CCCNC(=O)c1ccc(F)cc1F. The Bertz CT molecular complexity index is 1210. The number of carbonyl (C=O) groups excluding carboxylic acids is 2. The molecule has 1 aliphatic heterocycles. The molecule has 2 amide bonds. The first-order valence-corrected chi connectivity index (χ1v) is 11.5. The van der Waals surface area contributed by atoms with Crippen LogP contribution >= 0.6 is 0 Å². The molecule has 0 radical (unpaired) electrons. The molecule has 0 saturated carbocycles. The van der Waals surface area contributed by atoms with Gasteiger partial charge < -0.3 is 15.2 Å². The molecule has 0 spiro atoms. The van der Waals surface area contributed by atoms with Gasteiger partial charge in [-0.3, -0.25) is 9.59 Å². The Hall–Kier alpha value is -3.62. The van der Waals surface area contributed by atoms with E-state index in [1.54, 1.807) is 0 Å². The average Bonchev–Trinajstić information content (AvgIpc) is 3.06. The van der Waals surface area contributed by atoms with Gasteiger partial charge >= 0.3 is 0 Å². The summed E-state index contributed by atoms with van der Waals surface area (Å²) in [6.45, 7) is 3.00. The van der Waals surface area contributed by atoms with Crippen molar-refractivity contribution in [3.8, 4) is 11.4 Å². The van der Waals surface area contributed by atoms with Crippen molar-refractivity contribution >= 4 is 17.5 Å². The quantitative estimate of drug-likeness (QED) is 0.504. The van der Waals surface area contributed by atoms with E-state index < -0.39 is 17.5 Å². The molecule has 4 rings (SSSR count). The Labute approximate surface area is 196 Å². The lowest BCUT2D eigenvalue weighted by molar-refractivity contribution is -0.116. The lowest BCUT2D eigenvalue weighted by Gasteiger charge is -2.12. The molecule has 9 heteroatoms. The van der Waals surface area contributed by atoms with Crippen molar-refractivity contribution in [3.63, 3.8) is 0 Å². The highest BCUT2D eigenvalue weighted by atomic mass is 19.1. The minimum absolute atomic E-state index is 0.177. The third-order valence-electron chi connectivity index (χ3n) is 5.92. The van der Waals surface area contributed by atoms with Crippen LogP contribution in [0.5, 0.6) is 0 Å². The number of hydrogen-bond donors (Lipinski definition) is 2. The molecule has 178 valence electrons. The number of halogens is 2. The number of carbonyl (C=O) groups is 2. The van der Waals surface area contributed by atoms with E-state index in [-0.39, 0.29) is 24.4 Å². The Balaban J connectivity index is 1.33. The number of hydrogen-bond acceptors (Lipinski definition) is 4. The van der Waals surface area contributed by atoms with Gasteiger partial charge in [0.2, 0.25) is 5.91 Å². The predicted octanol–water partition coefficient (Wildman–Crippen LogP) is 4.41. The highest BCUT2D eigenvalue weighted by Gasteiger charge is 2.17. The van der Waals surface area contributed by atoms with Crippen LogP contribution in [-0.2, 0) is 17.8 Å². The van der Waals surface area contributed by atoms with Crippen molar-refractivity contribution in [2.45, 2.75) is 52.0 Å². The highest BCUT2D eigenvalue weighted by Crippen LogP contribution is 2.27. The maximum absolute atomic E-state index is 13.7. The second kappa shape index (κ2) is 10.5. The van der Waals surface area contributed by atoms with E-state index in [1.165, 1.54) is 6.42 Å². The summed E-state index contributed by atoms with van der Waals surface area (Å²) in [5.41, 5.74) is 2.29. The summed E-state index contributed by atoms with van der Waals surface area (Å²) in [4.78, 5) is 24.5. The van der Waals surface area contributed by atoms with E-state index in [2.05, 4.69) is 25.4 Å². The number of fused-ring (bicyclic) bond motifs is 1. The molecule has 0 saturated heterocycles. The summed E-state index contributed by atoms with van der Waals surface area (Å²) in [7, 11) is 0. The molecule has 2 N–H and O–H groups in total. The number of aromatic nitrogens is 3. The molecule has 3 aromatic rings. The summed E-state index contributed by atoms with van der Waals surface area (Å²) < 4.78 is 28.8.